The van der Waals surface area contributed by atoms with E-state index in [1.807, 2.05) is 24.3 Å². The fourth-order valence-electron chi connectivity index (χ4n) is 1.66. The number of halogens is 3. The zero-order chi connectivity index (χ0) is 14.7. The van der Waals surface area contributed by atoms with Gasteiger partial charge in [-0.25, -0.2) is 8.78 Å². The largest absolute Gasteiger partial charge is 0.293 e. The minimum Gasteiger partial charge on any atom is -0.293 e. The topological polar surface area (TPSA) is 17.1 Å². The molecule has 0 bridgehead atoms. The van der Waals surface area contributed by atoms with Crippen LogP contribution < -0.4 is 0 Å². The highest BCUT2D eigenvalue weighted by Crippen LogP contribution is 2.24. The Hall–Kier alpha value is -1.20. The molecule has 5 heteroatoms. The molecule has 0 fully saturated rings. The summed E-state index contributed by atoms with van der Waals surface area (Å²) in [6.07, 6.45) is 0. The summed E-state index contributed by atoms with van der Waals surface area (Å²) in [4.78, 5) is 12.8. The molecular weight excluding hydrogens is 346 g/mol. The highest BCUT2D eigenvalue weighted by atomic mass is 79.9. The lowest BCUT2D eigenvalue weighted by molar-refractivity contribution is 0.101. The van der Waals surface area contributed by atoms with E-state index >= 15 is 0 Å². The Morgan fingerprint density at radius 2 is 1.80 bits per heavy atom. The van der Waals surface area contributed by atoms with E-state index in [0.29, 0.717) is 0 Å². The van der Waals surface area contributed by atoms with Crippen LogP contribution in [0.25, 0.3) is 0 Å². The highest BCUT2D eigenvalue weighted by molar-refractivity contribution is 9.10. The lowest BCUT2D eigenvalue weighted by Gasteiger charge is -2.06. The molecular formula is C15H11BrF2OS. The Kier molecular flexibility index (Phi) is 4.94. The lowest BCUT2D eigenvalue weighted by atomic mass is 10.1. The summed E-state index contributed by atoms with van der Waals surface area (Å²) >= 11 is 4.57. The Bertz CT molecular complexity index is 641. The second-order valence-electron chi connectivity index (χ2n) is 4.22. The van der Waals surface area contributed by atoms with E-state index in [1.54, 1.807) is 0 Å². The number of Topliss-reactive ketones (excluding diaryl/α,β-unsaturated/α-hetero) is 1. The molecule has 0 aliphatic heterocycles. The number of carbonyl (C=O) groups excluding carboxylic acids is 1. The molecule has 20 heavy (non-hydrogen) atoms. The number of ketones is 1. The van der Waals surface area contributed by atoms with Gasteiger partial charge in [0.2, 0.25) is 0 Å². The molecule has 2 aromatic carbocycles. The molecule has 2 aromatic rings. The molecule has 0 aliphatic carbocycles. The van der Waals surface area contributed by atoms with Gasteiger partial charge in [0.05, 0.1) is 11.3 Å². The second-order valence-corrected chi connectivity index (χ2v) is 6.18. The van der Waals surface area contributed by atoms with Crippen molar-refractivity contribution in [1.29, 1.82) is 0 Å². The standard InChI is InChI=1S/C15H11BrF2OS/c1-9-2-7-12(17)14(15(9)18)13(19)8-20-11-5-3-10(16)4-6-11/h2-7H,8H2,1H3. The van der Waals surface area contributed by atoms with E-state index in [1.165, 1.54) is 24.8 Å². The maximum atomic E-state index is 13.8. The van der Waals surface area contributed by atoms with Crippen LogP contribution in [0.4, 0.5) is 8.78 Å². The van der Waals surface area contributed by atoms with Crippen molar-refractivity contribution in [2.24, 2.45) is 0 Å². The van der Waals surface area contributed by atoms with Gasteiger partial charge >= 0.3 is 0 Å². The average Bonchev–Trinajstić information content (AvgIpc) is 2.43. The molecule has 1 nitrogen and oxygen atoms in total. The maximum Gasteiger partial charge on any atom is 0.178 e. The van der Waals surface area contributed by atoms with Crippen molar-refractivity contribution >= 4 is 33.5 Å². The van der Waals surface area contributed by atoms with Crippen molar-refractivity contribution in [1.82, 2.24) is 0 Å². The van der Waals surface area contributed by atoms with E-state index in [2.05, 4.69) is 15.9 Å². The monoisotopic (exact) mass is 356 g/mol. The molecule has 0 saturated heterocycles. The van der Waals surface area contributed by atoms with Crippen LogP contribution in [0.15, 0.2) is 45.8 Å². The van der Waals surface area contributed by atoms with Gasteiger partial charge in [0, 0.05) is 9.37 Å². The summed E-state index contributed by atoms with van der Waals surface area (Å²) in [5.41, 5.74) is -0.182. The van der Waals surface area contributed by atoms with Crippen LogP contribution >= 0.6 is 27.7 Å². The highest BCUT2D eigenvalue weighted by Gasteiger charge is 2.18. The third-order valence-electron chi connectivity index (χ3n) is 2.75. The van der Waals surface area contributed by atoms with Crippen molar-refractivity contribution in [2.45, 2.75) is 11.8 Å². The van der Waals surface area contributed by atoms with Crippen LogP contribution in [0.1, 0.15) is 15.9 Å². The minimum absolute atomic E-state index is 0.00107. The first-order chi connectivity index (χ1) is 9.49. The fraction of sp³-hybridized carbons (Fsp3) is 0.133. The number of carbonyl (C=O) groups is 1. The molecule has 0 spiro atoms. The Morgan fingerprint density at radius 3 is 2.45 bits per heavy atom. The molecule has 0 atom stereocenters. The maximum absolute atomic E-state index is 13.8. The van der Waals surface area contributed by atoms with Crippen molar-refractivity contribution in [3.63, 3.8) is 0 Å². The molecule has 0 heterocycles. The summed E-state index contributed by atoms with van der Waals surface area (Å²) in [7, 11) is 0. The van der Waals surface area contributed by atoms with Gasteiger partial charge in [-0.3, -0.25) is 4.79 Å². The summed E-state index contributed by atoms with van der Waals surface area (Å²) in [6, 6.07) is 9.82. The Balaban J connectivity index is 2.13. The number of rotatable bonds is 4. The van der Waals surface area contributed by atoms with Gasteiger partial charge in [0.25, 0.3) is 0 Å². The zero-order valence-electron chi connectivity index (χ0n) is 10.6. The number of aryl methyl sites for hydroxylation is 1. The Labute approximate surface area is 128 Å². The predicted molar refractivity (Wildman–Crippen MR) is 80.3 cm³/mol. The summed E-state index contributed by atoms with van der Waals surface area (Å²) in [6.45, 7) is 1.51. The van der Waals surface area contributed by atoms with Gasteiger partial charge in [-0.15, -0.1) is 11.8 Å². The number of thioether (sulfide) groups is 1. The normalized spacial score (nSPS) is 10.6. The van der Waals surface area contributed by atoms with Crippen LogP contribution in [-0.4, -0.2) is 11.5 Å². The molecule has 0 aliphatic rings. The van der Waals surface area contributed by atoms with Gasteiger partial charge in [-0.05, 0) is 42.8 Å². The molecule has 2 rings (SSSR count). The van der Waals surface area contributed by atoms with Gasteiger partial charge < -0.3 is 0 Å². The summed E-state index contributed by atoms with van der Waals surface area (Å²) in [5, 5.41) is 0. The molecule has 0 unspecified atom stereocenters. The summed E-state index contributed by atoms with van der Waals surface area (Å²) < 4.78 is 28.3. The van der Waals surface area contributed by atoms with Crippen molar-refractivity contribution in [3.8, 4) is 0 Å². The first kappa shape index (κ1) is 15.2. The third-order valence-corrected chi connectivity index (χ3v) is 4.29. The van der Waals surface area contributed by atoms with Gasteiger partial charge in [-0.2, -0.15) is 0 Å². The van der Waals surface area contributed by atoms with E-state index in [0.717, 1.165) is 15.4 Å². The first-order valence-corrected chi connectivity index (χ1v) is 7.63. The van der Waals surface area contributed by atoms with E-state index in [-0.39, 0.29) is 11.3 Å². The van der Waals surface area contributed by atoms with Crippen molar-refractivity contribution in [2.75, 3.05) is 5.75 Å². The van der Waals surface area contributed by atoms with Crippen LogP contribution in [0.5, 0.6) is 0 Å². The van der Waals surface area contributed by atoms with Crippen LogP contribution in [0.3, 0.4) is 0 Å². The van der Waals surface area contributed by atoms with Crippen molar-refractivity contribution < 1.29 is 13.6 Å². The summed E-state index contributed by atoms with van der Waals surface area (Å²) in [5.74, 6) is -2.13. The van der Waals surface area contributed by atoms with Crippen LogP contribution in [0, 0.1) is 18.6 Å². The molecule has 0 aromatic heterocycles. The van der Waals surface area contributed by atoms with E-state index < -0.39 is 23.0 Å². The average molecular weight is 357 g/mol. The second kappa shape index (κ2) is 6.50. The minimum atomic E-state index is -0.811. The zero-order valence-corrected chi connectivity index (χ0v) is 13.0. The quantitative estimate of drug-likeness (QED) is 0.565. The number of hydrogen-bond donors (Lipinski definition) is 0. The molecule has 0 radical (unpaired) electrons. The van der Waals surface area contributed by atoms with Gasteiger partial charge in [0.15, 0.2) is 5.78 Å². The smallest absolute Gasteiger partial charge is 0.178 e. The molecule has 0 N–H and O–H groups in total. The van der Waals surface area contributed by atoms with Crippen LogP contribution in [0.2, 0.25) is 0 Å². The van der Waals surface area contributed by atoms with Gasteiger partial charge in [-0.1, -0.05) is 22.0 Å². The molecule has 0 amide bonds. The first-order valence-electron chi connectivity index (χ1n) is 5.85. The molecule has 0 saturated carbocycles. The lowest BCUT2D eigenvalue weighted by Crippen LogP contribution is -2.09. The van der Waals surface area contributed by atoms with E-state index in [9.17, 15) is 13.6 Å². The SMILES string of the molecule is Cc1ccc(F)c(C(=O)CSc2ccc(Br)cc2)c1F. The fourth-order valence-corrected chi connectivity index (χ4v) is 2.70. The Morgan fingerprint density at radius 1 is 1.15 bits per heavy atom. The third kappa shape index (κ3) is 3.46. The predicted octanol–water partition coefficient (Wildman–Crippen LogP) is 5.01. The van der Waals surface area contributed by atoms with Gasteiger partial charge in [0.1, 0.15) is 11.6 Å². The molecule has 104 valence electrons. The number of benzene rings is 2. The van der Waals surface area contributed by atoms with Crippen LogP contribution in [-0.2, 0) is 0 Å². The number of hydrogen-bond acceptors (Lipinski definition) is 2. The van der Waals surface area contributed by atoms with E-state index in [4.69, 9.17) is 0 Å². The van der Waals surface area contributed by atoms with Crippen molar-refractivity contribution in [3.05, 3.63) is 63.6 Å².